The molecule has 0 bridgehead atoms. The number of hydrogen-bond donors (Lipinski definition) is 2. The van der Waals surface area contributed by atoms with E-state index in [2.05, 4.69) is 9.97 Å². The third-order valence-corrected chi connectivity index (χ3v) is 6.15. The Kier molecular flexibility index (Phi) is 6.13. The molecule has 7 nitrogen and oxygen atoms in total. The summed E-state index contributed by atoms with van der Waals surface area (Å²) in [4.78, 5) is 34.2. The maximum absolute atomic E-state index is 13.0. The molecule has 0 aliphatic carbocycles. The topological polar surface area (TPSA) is 95.5 Å². The summed E-state index contributed by atoms with van der Waals surface area (Å²) in [5.74, 6) is 0.609. The van der Waals surface area contributed by atoms with Gasteiger partial charge in [-0.15, -0.1) is 0 Å². The van der Waals surface area contributed by atoms with Gasteiger partial charge in [0.1, 0.15) is 11.6 Å². The molecule has 0 radical (unpaired) electrons. The molecular formula is C23H24ClN3O4. The number of aliphatic carboxylic acids is 1. The number of methoxy groups -OCH3 is 1. The number of ether oxygens (including phenoxy) is 1. The lowest BCUT2D eigenvalue weighted by Crippen LogP contribution is -2.45. The van der Waals surface area contributed by atoms with Crippen LogP contribution < -0.4 is 4.74 Å². The van der Waals surface area contributed by atoms with Gasteiger partial charge in [-0.2, -0.15) is 0 Å². The van der Waals surface area contributed by atoms with Gasteiger partial charge in [0.2, 0.25) is 0 Å². The first-order chi connectivity index (χ1) is 14.9. The molecule has 1 saturated heterocycles. The van der Waals surface area contributed by atoms with Crippen LogP contribution in [-0.4, -0.2) is 52.1 Å². The minimum absolute atomic E-state index is 0.0106. The molecule has 2 heterocycles. The molecule has 1 aromatic heterocycles. The van der Waals surface area contributed by atoms with Gasteiger partial charge in [-0.3, -0.25) is 9.59 Å². The number of halogens is 1. The molecule has 2 aromatic carbocycles. The lowest BCUT2D eigenvalue weighted by Gasteiger charge is -2.38. The number of aromatic amines is 1. The van der Waals surface area contributed by atoms with Crippen LogP contribution in [0, 0.1) is 11.8 Å². The minimum atomic E-state index is -0.818. The number of benzene rings is 2. The number of imidazole rings is 1. The van der Waals surface area contributed by atoms with Gasteiger partial charge < -0.3 is 19.7 Å². The van der Waals surface area contributed by atoms with Gasteiger partial charge in [0.25, 0.3) is 5.91 Å². The fourth-order valence-electron chi connectivity index (χ4n) is 4.28. The summed E-state index contributed by atoms with van der Waals surface area (Å²) in [5, 5.41) is 9.95. The Morgan fingerprint density at radius 2 is 2.00 bits per heavy atom. The second-order valence-electron chi connectivity index (χ2n) is 7.94. The van der Waals surface area contributed by atoms with Gasteiger partial charge in [0.15, 0.2) is 0 Å². The van der Waals surface area contributed by atoms with Gasteiger partial charge in [-0.05, 0) is 54.7 Å². The molecule has 1 aliphatic heterocycles. The van der Waals surface area contributed by atoms with Crippen LogP contribution in [0.1, 0.15) is 29.0 Å². The van der Waals surface area contributed by atoms with Crippen molar-refractivity contribution in [2.45, 2.75) is 19.3 Å². The van der Waals surface area contributed by atoms with Crippen LogP contribution in [0.15, 0.2) is 42.5 Å². The zero-order valence-electron chi connectivity index (χ0n) is 17.2. The average molecular weight is 442 g/mol. The van der Waals surface area contributed by atoms with Crippen LogP contribution in [0.2, 0.25) is 5.02 Å². The predicted octanol–water partition coefficient (Wildman–Crippen LogP) is 4.02. The highest BCUT2D eigenvalue weighted by molar-refractivity contribution is 6.30. The van der Waals surface area contributed by atoms with Gasteiger partial charge >= 0.3 is 5.97 Å². The number of rotatable bonds is 6. The third kappa shape index (κ3) is 4.82. The zero-order valence-corrected chi connectivity index (χ0v) is 17.9. The Hall–Kier alpha value is -3.06. The number of amides is 1. The number of carboxylic acids is 1. The van der Waals surface area contributed by atoms with Crippen molar-refractivity contribution in [2.75, 3.05) is 20.2 Å². The van der Waals surface area contributed by atoms with Crippen molar-refractivity contribution in [3.63, 3.8) is 0 Å². The number of hydrogen-bond acceptors (Lipinski definition) is 4. The monoisotopic (exact) mass is 441 g/mol. The number of nitrogens with one attached hydrogen (secondary N) is 1. The Balaban J connectivity index is 1.54. The fourth-order valence-corrected chi connectivity index (χ4v) is 4.40. The molecule has 2 atom stereocenters. The molecular weight excluding hydrogens is 418 g/mol. The number of piperidine rings is 1. The van der Waals surface area contributed by atoms with Gasteiger partial charge in [-0.25, -0.2) is 4.98 Å². The Bertz CT molecular complexity index is 1100. The molecule has 1 aliphatic rings. The molecule has 8 heteroatoms. The van der Waals surface area contributed by atoms with Crippen molar-refractivity contribution in [2.24, 2.45) is 11.8 Å². The summed E-state index contributed by atoms with van der Waals surface area (Å²) >= 11 is 5.94. The summed E-state index contributed by atoms with van der Waals surface area (Å²) in [7, 11) is 1.61. The lowest BCUT2D eigenvalue weighted by atomic mass is 9.81. The Labute approximate surface area is 185 Å². The van der Waals surface area contributed by atoms with Crippen LogP contribution in [0.5, 0.6) is 5.75 Å². The van der Waals surface area contributed by atoms with Crippen molar-refractivity contribution in [3.8, 4) is 5.75 Å². The quantitative estimate of drug-likeness (QED) is 0.602. The van der Waals surface area contributed by atoms with E-state index in [1.54, 1.807) is 36.3 Å². The SMILES string of the molecule is COc1ccc2nc(C[C@H]3CN(C(=O)c4ccc(Cl)cc4)CC[C@H]3CC(=O)O)[nH]c2c1. The van der Waals surface area contributed by atoms with Crippen LogP contribution in [-0.2, 0) is 11.2 Å². The van der Waals surface area contributed by atoms with Crippen LogP contribution in [0.4, 0.5) is 0 Å². The molecule has 1 fully saturated rings. The summed E-state index contributed by atoms with van der Waals surface area (Å²) < 4.78 is 5.27. The highest BCUT2D eigenvalue weighted by atomic mass is 35.5. The average Bonchev–Trinajstić information content (AvgIpc) is 3.16. The van der Waals surface area contributed by atoms with Gasteiger partial charge in [-0.1, -0.05) is 11.6 Å². The van der Waals surface area contributed by atoms with E-state index < -0.39 is 5.97 Å². The first kappa shape index (κ1) is 21.2. The normalized spacial score (nSPS) is 18.8. The number of fused-ring (bicyclic) bond motifs is 1. The smallest absolute Gasteiger partial charge is 0.303 e. The summed E-state index contributed by atoms with van der Waals surface area (Å²) in [6.45, 7) is 1.02. The zero-order chi connectivity index (χ0) is 22.0. The molecule has 31 heavy (non-hydrogen) atoms. The summed E-state index contributed by atoms with van der Waals surface area (Å²) in [6, 6.07) is 12.5. The van der Waals surface area contributed by atoms with E-state index in [1.165, 1.54) is 0 Å². The number of H-pyrrole nitrogens is 1. The fraction of sp³-hybridized carbons (Fsp3) is 0.348. The van der Waals surface area contributed by atoms with E-state index in [0.717, 1.165) is 22.6 Å². The largest absolute Gasteiger partial charge is 0.497 e. The van der Waals surface area contributed by atoms with Gasteiger partial charge in [0.05, 0.1) is 18.1 Å². The van der Waals surface area contributed by atoms with E-state index in [4.69, 9.17) is 16.3 Å². The van der Waals surface area contributed by atoms with Crippen molar-refractivity contribution >= 4 is 34.5 Å². The molecule has 162 valence electrons. The Morgan fingerprint density at radius 1 is 1.23 bits per heavy atom. The van der Waals surface area contributed by atoms with E-state index in [9.17, 15) is 14.7 Å². The highest BCUT2D eigenvalue weighted by Gasteiger charge is 2.33. The number of carbonyl (C=O) groups is 2. The minimum Gasteiger partial charge on any atom is -0.497 e. The maximum Gasteiger partial charge on any atom is 0.303 e. The highest BCUT2D eigenvalue weighted by Crippen LogP contribution is 2.31. The van der Waals surface area contributed by atoms with Crippen LogP contribution in [0.25, 0.3) is 11.0 Å². The van der Waals surface area contributed by atoms with Crippen LogP contribution >= 0.6 is 11.6 Å². The molecule has 0 spiro atoms. The number of nitrogens with zero attached hydrogens (tertiary/aromatic N) is 2. The number of aromatic nitrogens is 2. The molecule has 0 saturated carbocycles. The van der Waals surface area contributed by atoms with Crippen molar-refractivity contribution < 1.29 is 19.4 Å². The first-order valence-electron chi connectivity index (χ1n) is 10.2. The van der Waals surface area contributed by atoms with Crippen LogP contribution in [0.3, 0.4) is 0 Å². The number of likely N-dealkylation sites (tertiary alicyclic amines) is 1. The lowest BCUT2D eigenvalue weighted by molar-refractivity contribution is -0.139. The molecule has 2 N–H and O–H groups in total. The molecule has 1 amide bonds. The van der Waals surface area contributed by atoms with E-state index >= 15 is 0 Å². The number of carboxylic acid groups (broad SMARTS) is 1. The summed E-state index contributed by atoms with van der Waals surface area (Å²) in [5.41, 5.74) is 2.28. The van der Waals surface area contributed by atoms with Gasteiger partial charge in [0, 0.05) is 42.6 Å². The van der Waals surface area contributed by atoms with Crippen molar-refractivity contribution in [1.82, 2.24) is 14.9 Å². The molecule has 4 rings (SSSR count). The standard InChI is InChI=1S/C23H24ClN3O4/c1-31-18-6-7-19-20(12-18)26-21(25-19)10-16-13-27(9-8-15(16)11-22(28)29)23(30)14-2-4-17(24)5-3-14/h2-7,12,15-16H,8-11,13H2,1H3,(H,25,26)(H,28,29)/t15-,16-/m0/s1. The van der Waals surface area contributed by atoms with Crippen molar-refractivity contribution in [3.05, 3.63) is 58.9 Å². The Morgan fingerprint density at radius 3 is 2.71 bits per heavy atom. The van der Waals surface area contributed by atoms with E-state index in [0.29, 0.717) is 36.5 Å². The summed E-state index contributed by atoms with van der Waals surface area (Å²) in [6.07, 6.45) is 1.30. The second-order valence-corrected chi connectivity index (χ2v) is 8.37. The predicted molar refractivity (Wildman–Crippen MR) is 118 cm³/mol. The third-order valence-electron chi connectivity index (χ3n) is 5.90. The number of carbonyl (C=O) groups excluding carboxylic acids is 1. The molecule has 3 aromatic rings. The second kappa shape index (κ2) is 8.98. The maximum atomic E-state index is 13.0. The van der Waals surface area contributed by atoms with E-state index in [-0.39, 0.29) is 24.2 Å². The first-order valence-corrected chi connectivity index (χ1v) is 10.6. The van der Waals surface area contributed by atoms with E-state index in [1.807, 2.05) is 18.2 Å². The molecule has 0 unspecified atom stereocenters. The van der Waals surface area contributed by atoms with Crippen molar-refractivity contribution in [1.29, 1.82) is 0 Å².